The van der Waals surface area contributed by atoms with Gasteiger partial charge in [0.1, 0.15) is 17.4 Å². The molecule has 4 aromatic rings. The highest BCUT2D eigenvalue weighted by Crippen LogP contribution is 2.31. The normalized spacial score (nSPS) is 11.6. The van der Waals surface area contributed by atoms with Crippen molar-refractivity contribution in [2.24, 2.45) is 0 Å². The molecule has 2 heterocycles. The summed E-state index contributed by atoms with van der Waals surface area (Å²) in [6.07, 6.45) is 4.12. The molecule has 0 unspecified atom stereocenters. The second-order valence-corrected chi connectivity index (χ2v) is 9.96. The van der Waals surface area contributed by atoms with Gasteiger partial charge in [-0.2, -0.15) is 0 Å². The van der Waals surface area contributed by atoms with E-state index < -0.39 is 33.1 Å². The minimum atomic E-state index is -4.25. The van der Waals surface area contributed by atoms with Crippen molar-refractivity contribution in [2.75, 3.05) is 11.1 Å². The summed E-state index contributed by atoms with van der Waals surface area (Å²) in [7, 11) is -4.25. The molecule has 1 N–H and O–H groups in total. The van der Waals surface area contributed by atoms with Gasteiger partial charge in [0.2, 0.25) is 5.91 Å². The number of hydrogen-bond donors (Lipinski definition) is 1. The molecule has 0 spiro atoms. The first-order valence-electron chi connectivity index (χ1n) is 9.38. The van der Waals surface area contributed by atoms with E-state index in [1.807, 2.05) is 18.2 Å². The number of halogens is 3. The van der Waals surface area contributed by atoms with E-state index in [0.717, 1.165) is 16.1 Å². The van der Waals surface area contributed by atoms with Crippen molar-refractivity contribution in [1.29, 1.82) is 0 Å². The van der Waals surface area contributed by atoms with Crippen molar-refractivity contribution >= 4 is 48.3 Å². The zero-order valence-corrected chi connectivity index (χ0v) is 18.8. The van der Waals surface area contributed by atoms with Gasteiger partial charge < -0.3 is 9.88 Å². The molecule has 6 nitrogen and oxygen atoms in total. The summed E-state index contributed by atoms with van der Waals surface area (Å²) in [5.41, 5.74) is 1.20. The molecule has 4 rings (SSSR count). The summed E-state index contributed by atoms with van der Waals surface area (Å²) >= 11 is 3.37. The number of carbonyl (C=O) groups is 1. The van der Waals surface area contributed by atoms with Crippen LogP contribution < -0.4 is 5.32 Å². The number of amides is 1. The molecule has 0 atom stereocenters. The molecule has 10 heteroatoms. The lowest BCUT2D eigenvalue weighted by Crippen LogP contribution is -2.23. The number of pyridine rings is 1. The van der Waals surface area contributed by atoms with Crippen LogP contribution in [0.2, 0.25) is 0 Å². The van der Waals surface area contributed by atoms with Gasteiger partial charge in [0.15, 0.2) is 9.84 Å². The van der Waals surface area contributed by atoms with E-state index in [0.29, 0.717) is 11.8 Å². The van der Waals surface area contributed by atoms with Crippen LogP contribution in [0.5, 0.6) is 0 Å². The lowest BCUT2D eigenvalue weighted by atomic mass is 10.2. The van der Waals surface area contributed by atoms with E-state index >= 15 is 0 Å². The summed E-state index contributed by atoms with van der Waals surface area (Å²) in [5, 5.41) is 2.19. The van der Waals surface area contributed by atoms with Crippen molar-refractivity contribution in [3.05, 3.63) is 88.8 Å². The van der Waals surface area contributed by atoms with E-state index in [-0.39, 0.29) is 22.3 Å². The Hall–Kier alpha value is -3.11. The minimum absolute atomic E-state index is 0.0775. The second-order valence-electron chi connectivity index (χ2n) is 7.08. The third kappa shape index (κ3) is 4.71. The Kier molecular flexibility index (Phi) is 6.07. The predicted octanol–water partition coefficient (Wildman–Crippen LogP) is 4.54. The summed E-state index contributed by atoms with van der Waals surface area (Å²) < 4.78 is 57.0. The smallest absolute Gasteiger partial charge is 0.240 e. The molecular formula is C22H16BrF2N3O3S. The quantitative estimate of drug-likeness (QED) is 0.405. The fourth-order valence-corrected chi connectivity index (χ4v) is 5.21. The number of benzene rings is 2. The SMILES string of the molecule is O=C(CS(=O)(=O)c1cn(Cc2cccc(Br)c2)c2cc(F)cc(F)c12)Nc1cccnc1. The Morgan fingerprint density at radius 2 is 1.94 bits per heavy atom. The number of fused-ring (bicyclic) bond motifs is 1. The first kappa shape index (κ1) is 22.1. The van der Waals surface area contributed by atoms with Crippen molar-refractivity contribution in [3.63, 3.8) is 0 Å². The van der Waals surface area contributed by atoms with Crippen molar-refractivity contribution in [2.45, 2.75) is 11.4 Å². The van der Waals surface area contributed by atoms with Gasteiger partial charge in [-0.1, -0.05) is 28.1 Å². The monoisotopic (exact) mass is 519 g/mol. The van der Waals surface area contributed by atoms with Crippen LogP contribution in [0.15, 0.2) is 76.5 Å². The maximum Gasteiger partial charge on any atom is 0.240 e. The number of carbonyl (C=O) groups excluding carboxylic acids is 1. The molecule has 0 aliphatic rings. The topological polar surface area (TPSA) is 81.1 Å². The number of nitrogens with zero attached hydrogens (tertiary/aromatic N) is 2. The summed E-state index contributed by atoms with van der Waals surface area (Å²) in [4.78, 5) is 15.8. The molecule has 0 saturated carbocycles. The van der Waals surface area contributed by atoms with E-state index in [9.17, 15) is 22.0 Å². The van der Waals surface area contributed by atoms with Crippen LogP contribution in [-0.4, -0.2) is 29.6 Å². The van der Waals surface area contributed by atoms with E-state index in [1.165, 1.54) is 23.2 Å². The molecule has 32 heavy (non-hydrogen) atoms. The number of nitrogens with one attached hydrogen (secondary N) is 1. The average Bonchev–Trinajstić information content (AvgIpc) is 3.08. The van der Waals surface area contributed by atoms with Crippen LogP contribution in [0, 0.1) is 11.6 Å². The fraction of sp³-hybridized carbons (Fsp3) is 0.0909. The van der Waals surface area contributed by atoms with Crippen LogP contribution in [0.3, 0.4) is 0 Å². The third-order valence-corrected chi connectivity index (χ3v) is 6.82. The van der Waals surface area contributed by atoms with Gasteiger partial charge in [0, 0.05) is 29.5 Å². The van der Waals surface area contributed by atoms with Crippen LogP contribution in [0.25, 0.3) is 10.9 Å². The lowest BCUT2D eigenvalue weighted by molar-refractivity contribution is -0.113. The molecule has 0 saturated heterocycles. The van der Waals surface area contributed by atoms with Gasteiger partial charge >= 0.3 is 0 Å². The molecule has 0 aliphatic carbocycles. The molecule has 0 bridgehead atoms. The van der Waals surface area contributed by atoms with E-state index in [2.05, 4.69) is 26.2 Å². The molecule has 1 amide bonds. The minimum Gasteiger partial charge on any atom is -0.342 e. The Morgan fingerprint density at radius 3 is 2.66 bits per heavy atom. The second kappa shape index (κ2) is 8.79. The van der Waals surface area contributed by atoms with Crippen molar-refractivity contribution in [1.82, 2.24) is 9.55 Å². The Labute approximate surface area is 190 Å². The number of aromatic nitrogens is 2. The maximum absolute atomic E-state index is 14.7. The first-order chi connectivity index (χ1) is 15.2. The number of rotatable bonds is 6. The van der Waals surface area contributed by atoms with E-state index in [4.69, 9.17) is 0 Å². The fourth-order valence-electron chi connectivity index (χ4n) is 3.39. The van der Waals surface area contributed by atoms with E-state index in [1.54, 1.807) is 18.2 Å². The van der Waals surface area contributed by atoms with Gasteiger partial charge in [0.05, 0.1) is 27.7 Å². The average molecular weight is 520 g/mol. The van der Waals surface area contributed by atoms with Gasteiger partial charge in [-0.05, 0) is 35.9 Å². The molecule has 0 fully saturated rings. The highest BCUT2D eigenvalue weighted by Gasteiger charge is 2.27. The molecule has 164 valence electrons. The Morgan fingerprint density at radius 1 is 1.12 bits per heavy atom. The summed E-state index contributed by atoms with van der Waals surface area (Å²) in [5.74, 6) is -3.55. The van der Waals surface area contributed by atoms with Gasteiger partial charge in [0.25, 0.3) is 0 Å². The molecule has 2 aromatic carbocycles. The predicted molar refractivity (Wildman–Crippen MR) is 120 cm³/mol. The van der Waals surface area contributed by atoms with Gasteiger partial charge in [-0.15, -0.1) is 0 Å². The standard InChI is InChI=1S/C22H16BrF2N3O3S/c23-15-4-1-3-14(7-15)11-28-12-20(22-18(25)8-16(24)9-19(22)28)32(30,31)13-21(29)27-17-5-2-6-26-10-17/h1-10,12H,11,13H2,(H,27,29). The first-order valence-corrected chi connectivity index (χ1v) is 11.8. The van der Waals surface area contributed by atoms with Crippen molar-refractivity contribution < 1.29 is 22.0 Å². The largest absolute Gasteiger partial charge is 0.342 e. The highest BCUT2D eigenvalue weighted by atomic mass is 79.9. The van der Waals surface area contributed by atoms with Crippen LogP contribution in [0.1, 0.15) is 5.56 Å². The van der Waals surface area contributed by atoms with Gasteiger partial charge in [-0.3, -0.25) is 9.78 Å². The maximum atomic E-state index is 14.7. The molecule has 2 aromatic heterocycles. The lowest BCUT2D eigenvalue weighted by Gasteiger charge is -2.06. The van der Waals surface area contributed by atoms with Gasteiger partial charge in [-0.25, -0.2) is 17.2 Å². The zero-order valence-electron chi connectivity index (χ0n) is 16.4. The number of sulfone groups is 1. The summed E-state index contributed by atoms with van der Waals surface area (Å²) in [6, 6.07) is 12.1. The number of hydrogen-bond acceptors (Lipinski definition) is 4. The van der Waals surface area contributed by atoms with Crippen LogP contribution in [0.4, 0.5) is 14.5 Å². The molecular weight excluding hydrogens is 504 g/mol. The van der Waals surface area contributed by atoms with Crippen molar-refractivity contribution in [3.8, 4) is 0 Å². The zero-order chi connectivity index (χ0) is 22.9. The van der Waals surface area contributed by atoms with Crippen LogP contribution >= 0.6 is 15.9 Å². The molecule has 0 radical (unpaired) electrons. The third-order valence-electron chi connectivity index (χ3n) is 4.71. The molecule has 0 aliphatic heterocycles. The Bertz CT molecular complexity index is 1420. The summed E-state index contributed by atoms with van der Waals surface area (Å²) in [6.45, 7) is 0.177. The highest BCUT2D eigenvalue weighted by molar-refractivity contribution is 9.10. The number of anilines is 1. The van der Waals surface area contributed by atoms with Crippen LogP contribution in [-0.2, 0) is 21.2 Å². The Balaban J connectivity index is 1.73.